The van der Waals surface area contributed by atoms with Crippen LogP contribution in [0.5, 0.6) is 0 Å². The van der Waals surface area contributed by atoms with Gasteiger partial charge in [-0.2, -0.15) is 0 Å². The Kier molecular flexibility index (Phi) is 6.66. The Bertz CT molecular complexity index is 1410. The Labute approximate surface area is 215 Å². The van der Waals surface area contributed by atoms with Gasteiger partial charge in [-0.25, -0.2) is 9.97 Å². The molecule has 36 heavy (non-hydrogen) atoms. The van der Waals surface area contributed by atoms with Gasteiger partial charge in [0, 0.05) is 27.1 Å². The molecular formula is C27H21N5O2S2. The highest BCUT2D eigenvalue weighted by molar-refractivity contribution is 7.16. The fourth-order valence-electron chi connectivity index (χ4n) is 3.62. The Hall–Kier alpha value is -4.21. The van der Waals surface area contributed by atoms with Crippen LogP contribution < -0.4 is 10.6 Å². The van der Waals surface area contributed by atoms with Gasteiger partial charge in [0.25, 0.3) is 11.8 Å². The minimum absolute atomic E-state index is 0.192. The van der Waals surface area contributed by atoms with Gasteiger partial charge in [-0.3, -0.25) is 25.2 Å². The van der Waals surface area contributed by atoms with Gasteiger partial charge in [0.1, 0.15) is 5.69 Å². The summed E-state index contributed by atoms with van der Waals surface area (Å²) in [5.74, 6) is -0.732. The molecule has 178 valence electrons. The third-order valence-corrected chi connectivity index (χ3v) is 7.16. The number of amides is 2. The molecule has 3 aromatic heterocycles. The Balaban J connectivity index is 1.25. The number of carbonyl (C=O) groups excluding carboxylic acids is 2. The summed E-state index contributed by atoms with van der Waals surface area (Å²) >= 11 is 2.81. The highest BCUT2D eigenvalue weighted by Gasteiger charge is 2.16. The van der Waals surface area contributed by atoms with Crippen molar-refractivity contribution in [2.45, 2.75) is 13.8 Å². The van der Waals surface area contributed by atoms with Crippen LogP contribution in [0.4, 0.5) is 10.3 Å². The van der Waals surface area contributed by atoms with E-state index in [0.717, 1.165) is 32.3 Å². The summed E-state index contributed by atoms with van der Waals surface area (Å²) in [6, 6.07) is 22.7. The van der Waals surface area contributed by atoms with E-state index in [0.29, 0.717) is 15.8 Å². The molecule has 7 nitrogen and oxygen atoms in total. The summed E-state index contributed by atoms with van der Waals surface area (Å²) in [5, 5.41) is 6.62. The first-order chi connectivity index (χ1) is 17.5. The number of pyridine rings is 1. The molecule has 5 aromatic rings. The van der Waals surface area contributed by atoms with Crippen LogP contribution in [0.15, 0.2) is 79.0 Å². The smallest absolute Gasteiger partial charge is 0.276 e. The SMILES string of the molecule is Cc1sc(NC(=O)c2ccc(C(=O)Nc3nc(-c4ccccc4)c(C)s3)nc2)nc1-c1ccccc1. The lowest BCUT2D eigenvalue weighted by atomic mass is 10.1. The Morgan fingerprint density at radius 1 is 0.667 bits per heavy atom. The number of nitrogens with one attached hydrogen (secondary N) is 2. The lowest BCUT2D eigenvalue weighted by Crippen LogP contribution is -2.16. The molecule has 0 saturated carbocycles. The van der Waals surface area contributed by atoms with Crippen LogP contribution in [0.3, 0.4) is 0 Å². The summed E-state index contributed by atoms with van der Waals surface area (Å²) in [7, 11) is 0. The maximum absolute atomic E-state index is 12.7. The zero-order valence-electron chi connectivity index (χ0n) is 19.5. The quantitative estimate of drug-likeness (QED) is 0.273. The van der Waals surface area contributed by atoms with Gasteiger partial charge in [-0.05, 0) is 26.0 Å². The van der Waals surface area contributed by atoms with Crippen molar-refractivity contribution in [3.05, 3.63) is 100 Å². The lowest BCUT2D eigenvalue weighted by molar-refractivity contribution is 0.101. The van der Waals surface area contributed by atoms with Crippen molar-refractivity contribution < 1.29 is 9.59 Å². The fraction of sp³-hybridized carbons (Fsp3) is 0.0741. The monoisotopic (exact) mass is 511 g/mol. The normalized spacial score (nSPS) is 10.7. The molecule has 5 rings (SSSR count). The van der Waals surface area contributed by atoms with E-state index < -0.39 is 5.91 Å². The van der Waals surface area contributed by atoms with E-state index in [2.05, 4.69) is 25.6 Å². The van der Waals surface area contributed by atoms with Crippen molar-refractivity contribution in [1.82, 2.24) is 15.0 Å². The lowest BCUT2D eigenvalue weighted by Gasteiger charge is -2.04. The van der Waals surface area contributed by atoms with Crippen molar-refractivity contribution in [2.75, 3.05) is 10.6 Å². The highest BCUT2D eigenvalue weighted by atomic mass is 32.1. The third kappa shape index (κ3) is 5.07. The predicted octanol–water partition coefficient (Wildman–Crippen LogP) is 6.45. The number of anilines is 2. The van der Waals surface area contributed by atoms with Crippen molar-refractivity contribution in [3.63, 3.8) is 0 Å². The molecular weight excluding hydrogens is 490 g/mol. The van der Waals surface area contributed by atoms with Crippen LogP contribution in [0.1, 0.15) is 30.6 Å². The van der Waals surface area contributed by atoms with E-state index in [-0.39, 0.29) is 11.6 Å². The summed E-state index contributed by atoms with van der Waals surface area (Å²) < 4.78 is 0. The van der Waals surface area contributed by atoms with Gasteiger partial charge in [-0.1, -0.05) is 60.7 Å². The van der Waals surface area contributed by atoms with Crippen molar-refractivity contribution >= 4 is 44.8 Å². The van der Waals surface area contributed by atoms with Crippen molar-refractivity contribution in [1.29, 1.82) is 0 Å². The van der Waals surface area contributed by atoms with Crippen molar-refractivity contribution in [3.8, 4) is 22.5 Å². The number of benzene rings is 2. The van der Waals surface area contributed by atoms with Crippen LogP contribution >= 0.6 is 22.7 Å². The van der Waals surface area contributed by atoms with Crippen LogP contribution in [0.2, 0.25) is 0 Å². The standard InChI is InChI=1S/C27H21N5O2S2/c1-16-22(18-9-5-3-6-10-18)29-26(35-16)31-24(33)20-13-14-21(28-15-20)25(34)32-27-30-23(17(2)36-27)19-11-7-4-8-12-19/h3-15H,1-2H3,(H,29,31,33)(H,30,32,34). The van der Waals surface area contributed by atoms with Gasteiger partial charge in [0.05, 0.1) is 17.0 Å². The largest absolute Gasteiger partial charge is 0.298 e. The first-order valence-corrected chi connectivity index (χ1v) is 12.8. The van der Waals surface area contributed by atoms with Crippen LogP contribution in [0, 0.1) is 13.8 Å². The zero-order chi connectivity index (χ0) is 25.1. The minimum atomic E-state index is -0.390. The van der Waals surface area contributed by atoms with E-state index in [1.54, 1.807) is 6.07 Å². The van der Waals surface area contributed by atoms with E-state index in [1.165, 1.54) is 34.9 Å². The van der Waals surface area contributed by atoms with E-state index in [1.807, 2.05) is 74.5 Å². The van der Waals surface area contributed by atoms with E-state index >= 15 is 0 Å². The molecule has 0 aliphatic carbocycles. The molecule has 2 aromatic carbocycles. The number of nitrogens with zero attached hydrogens (tertiary/aromatic N) is 3. The molecule has 0 spiro atoms. The minimum Gasteiger partial charge on any atom is -0.298 e. The Morgan fingerprint density at radius 3 is 1.64 bits per heavy atom. The number of hydrogen-bond acceptors (Lipinski definition) is 7. The van der Waals surface area contributed by atoms with E-state index in [4.69, 9.17) is 0 Å². The second-order valence-electron chi connectivity index (χ2n) is 7.92. The van der Waals surface area contributed by atoms with Crippen LogP contribution in [0.25, 0.3) is 22.5 Å². The predicted molar refractivity (Wildman–Crippen MR) is 145 cm³/mol. The Morgan fingerprint density at radius 2 is 1.17 bits per heavy atom. The number of carbonyl (C=O) groups is 2. The van der Waals surface area contributed by atoms with Gasteiger partial charge in [0.2, 0.25) is 0 Å². The first kappa shape index (κ1) is 23.5. The number of aromatic nitrogens is 3. The molecule has 2 amide bonds. The summed E-state index contributed by atoms with van der Waals surface area (Å²) in [4.78, 5) is 40.7. The second-order valence-corrected chi connectivity index (χ2v) is 10.3. The molecule has 0 atom stereocenters. The number of hydrogen-bond donors (Lipinski definition) is 2. The van der Waals surface area contributed by atoms with Gasteiger partial charge in [-0.15, -0.1) is 22.7 Å². The molecule has 0 radical (unpaired) electrons. The fourth-order valence-corrected chi connectivity index (χ4v) is 5.28. The maximum Gasteiger partial charge on any atom is 0.276 e. The maximum atomic E-state index is 12.7. The molecule has 9 heteroatoms. The highest BCUT2D eigenvalue weighted by Crippen LogP contribution is 2.31. The summed E-state index contributed by atoms with van der Waals surface area (Å²) in [6.45, 7) is 3.94. The third-order valence-electron chi connectivity index (χ3n) is 5.39. The number of thiazole rings is 2. The molecule has 0 aliphatic heterocycles. The van der Waals surface area contributed by atoms with E-state index in [9.17, 15) is 9.59 Å². The molecule has 0 fully saturated rings. The van der Waals surface area contributed by atoms with Crippen LogP contribution in [-0.4, -0.2) is 26.8 Å². The average Bonchev–Trinajstić information content (AvgIpc) is 3.46. The average molecular weight is 512 g/mol. The zero-order valence-corrected chi connectivity index (χ0v) is 21.1. The van der Waals surface area contributed by atoms with Crippen LogP contribution in [-0.2, 0) is 0 Å². The van der Waals surface area contributed by atoms with Gasteiger partial charge in [0.15, 0.2) is 10.3 Å². The summed E-state index contributed by atoms with van der Waals surface area (Å²) in [6.07, 6.45) is 1.38. The molecule has 0 aliphatic rings. The number of rotatable bonds is 6. The topological polar surface area (TPSA) is 96.9 Å². The molecule has 2 N–H and O–H groups in total. The molecule has 0 unspecified atom stereocenters. The second kappa shape index (κ2) is 10.2. The molecule has 0 saturated heterocycles. The van der Waals surface area contributed by atoms with Gasteiger partial charge < -0.3 is 0 Å². The summed E-state index contributed by atoms with van der Waals surface area (Å²) in [5.41, 5.74) is 4.19. The van der Waals surface area contributed by atoms with Gasteiger partial charge >= 0.3 is 0 Å². The molecule has 3 heterocycles. The number of aryl methyl sites for hydroxylation is 2. The van der Waals surface area contributed by atoms with Crippen molar-refractivity contribution in [2.24, 2.45) is 0 Å². The first-order valence-electron chi connectivity index (χ1n) is 11.1. The molecule has 0 bridgehead atoms.